The summed E-state index contributed by atoms with van der Waals surface area (Å²) in [6.45, 7) is 12.5. The molecular formula is C20H40O. The molecule has 1 nitrogen and oxygen atoms in total. The van der Waals surface area contributed by atoms with Crippen LogP contribution in [0.15, 0.2) is 0 Å². The van der Waals surface area contributed by atoms with E-state index >= 15 is 0 Å². The Hall–Kier alpha value is -0.0400. The fourth-order valence-corrected chi connectivity index (χ4v) is 4.50. The Balaban J connectivity index is 2.24. The average molecular weight is 297 g/mol. The molecule has 1 heteroatoms. The molecule has 1 N–H and O–H groups in total. The summed E-state index contributed by atoms with van der Waals surface area (Å²) < 4.78 is 0. The van der Waals surface area contributed by atoms with Gasteiger partial charge < -0.3 is 5.11 Å². The highest BCUT2D eigenvalue weighted by molar-refractivity contribution is 4.86. The summed E-state index contributed by atoms with van der Waals surface area (Å²) in [5, 5.41) is 8.95. The number of hydrogen-bond acceptors (Lipinski definition) is 1. The van der Waals surface area contributed by atoms with Crippen molar-refractivity contribution in [3.63, 3.8) is 0 Å². The average Bonchev–Trinajstić information content (AvgIpc) is 2.37. The molecule has 126 valence electrons. The van der Waals surface area contributed by atoms with E-state index in [1.807, 2.05) is 0 Å². The Morgan fingerprint density at radius 2 is 1.67 bits per heavy atom. The van der Waals surface area contributed by atoms with Gasteiger partial charge in [0.2, 0.25) is 0 Å². The van der Waals surface area contributed by atoms with E-state index in [4.69, 9.17) is 5.11 Å². The second-order valence-corrected chi connectivity index (χ2v) is 8.70. The molecule has 0 aromatic heterocycles. The van der Waals surface area contributed by atoms with Crippen LogP contribution in [0.5, 0.6) is 0 Å². The lowest BCUT2D eigenvalue weighted by Gasteiger charge is -2.43. The van der Waals surface area contributed by atoms with Crippen LogP contribution in [0, 0.1) is 29.1 Å². The molecule has 21 heavy (non-hydrogen) atoms. The van der Waals surface area contributed by atoms with Crippen molar-refractivity contribution in [3.05, 3.63) is 0 Å². The third-order valence-corrected chi connectivity index (χ3v) is 6.16. The Bertz CT molecular complexity index is 271. The van der Waals surface area contributed by atoms with E-state index in [1.54, 1.807) is 0 Å². The minimum absolute atomic E-state index is 0.353. The van der Waals surface area contributed by atoms with Crippen molar-refractivity contribution in [2.45, 2.75) is 92.4 Å². The van der Waals surface area contributed by atoms with Crippen molar-refractivity contribution < 1.29 is 5.11 Å². The van der Waals surface area contributed by atoms with Gasteiger partial charge in [0.05, 0.1) is 0 Å². The highest BCUT2D eigenvalue weighted by atomic mass is 16.3. The first-order valence-electron chi connectivity index (χ1n) is 9.47. The number of rotatable bonds is 9. The lowest BCUT2D eigenvalue weighted by molar-refractivity contribution is 0.0706. The van der Waals surface area contributed by atoms with E-state index in [0.717, 1.165) is 24.2 Å². The fraction of sp³-hybridized carbons (Fsp3) is 1.00. The highest BCUT2D eigenvalue weighted by Gasteiger charge is 2.36. The Morgan fingerprint density at radius 3 is 2.24 bits per heavy atom. The molecule has 0 aromatic rings. The van der Waals surface area contributed by atoms with Crippen LogP contribution in [0.4, 0.5) is 0 Å². The van der Waals surface area contributed by atoms with Gasteiger partial charge in [-0.15, -0.1) is 0 Å². The molecule has 1 fully saturated rings. The molecule has 1 saturated carbocycles. The van der Waals surface area contributed by atoms with Crippen LogP contribution >= 0.6 is 0 Å². The normalized spacial score (nSPS) is 28.3. The summed E-state index contributed by atoms with van der Waals surface area (Å²) >= 11 is 0. The zero-order valence-corrected chi connectivity index (χ0v) is 15.3. The van der Waals surface area contributed by atoms with Crippen LogP contribution in [-0.2, 0) is 0 Å². The van der Waals surface area contributed by atoms with Gasteiger partial charge in [-0.1, -0.05) is 73.1 Å². The minimum Gasteiger partial charge on any atom is -0.396 e. The number of hydrogen-bond donors (Lipinski definition) is 1. The molecule has 4 unspecified atom stereocenters. The first kappa shape index (κ1) is 19.0. The third kappa shape index (κ3) is 6.72. The maximum absolute atomic E-state index is 8.95. The topological polar surface area (TPSA) is 20.2 Å². The molecule has 0 heterocycles. The van der Waals surface area contributed by atoms with Crippen molar-refractivity contribution in [3.8, 4) is 0 Å². The zero-order valence-electron chi connectivity index (χ0n) is 15.3. The molecule has 1 rings (SSSR count). The molecular weight excluding hydrogens is 256 g/mol. The Labute approximate surface area is 133 Å². The summed E-state index contributed by atoms with van der Waals surface area (Å²) in [4.78, 5) is 0. The predicted octanol–water partition coefficient (Wildman–Crippen LogP) is 6.05. The van der Waals surface area contributed by atoms with Crippen molar-refractivity contribution in [2.75, 3.05) is 6.61 Å². The van der Waals surface area contributed by atoms with Gasteiger partial charge >= 0.3 is 0 Å². The van der Waals surface area contributed by atoms with Crippen LogP contribution in [0.25, 0.3) is 0 Å². The summed E-state index contributed by atoms with van der Waals surface area (Å²) in [7, 11) is 0. The quantitative estimate of drug-likeness (QED) is 0.549. The SMILES string of the molecule is CC(CCO)CCCC(C)CCC1C(C)CCCC1(C)C. The van der Waals surface area contributed by atoms with Gasteiger partial charge in [0, 0.05) is 6.61 Å². The van der Waals surface area contributed by atoms with Gasteiger partial charge in [-0.05, 0) is 48.3 Å². The molecule has 1 aliphatic carbocycles. The smallest absolute Gasteiger partial charge is 0.0433 e. The second-order valence-electron chi connectivity index (χ2n) is 8.70. The van der Waals surface area contributed by atoms with Crippen LogP contribution in [0.1, 0.15) is 92.4 Å². The van der Waals surface area contributed by atoms with Gasteiger partial charge in [0.1, 0.15) is 0 Å². The van der Waals surface area contributed by atoms with Crippen LogP contribution < -0.4 is 0 Å². The zero-order chi connectivity index (χ0) is 15.9. The summed E-state index contributed by atoms with van der Waals surface area (Å²) in [6, 6.07) is 0. The third-order valence-electron chi connectivity index (χ3n) is 6.16. The molecule has 0 spiro atoms. The van der Waals surface area contributed by atoms with Gasteiger partial charge in [-0.2, -0.15) is 0 Å². The van der Waals surface area contributed by atoms with Crippen molar-refractivity contribution >= 4 is 0 Å². The van der Waals surface area contributed by atoms with E-state index in [-0.39, 0.29) is 0 Å². The summed E-state index contributed by atoms with van der Waals surface area (Å²) in [5.41, 5.74) is 0.563. The monoisotopic (exact) mass is 296 g/mol. The van der Waals surface area contributed by atoms with Crippen LogP contribution in [-0.4, -0.2) is 11.7 Å². The maximum atomic E-state index is 8.95. The Morgan fingerprint density at radius 1 is 1.05 bits per heavy atom. The van der Waals surface area contributed by atoms with E-state index in [0.29, 0.717) is 17.9 Å². The standard InChI is InChI=1S/C20H40O/c1-16(8-6-9-17(2)13-15-21)11-12-19-18(3)10-7-14-20(19,4)5/h16-19,21H,6-15H2,1-5H3. The number of aliphatic hydroxyl groups excluding tert-OH is 1. The lowest BCUT2D eigenvalue weighted by atomic mass is 9.62. The molecule has 0 saturated heterocycles. The molecule has 0 amide bonds. The maximum Gasteiger partial charge on any atom is 0.0433 e. The molecule has 4 atom stereocenters. The van der Waals surface area contributed by atoms with Crippen molar-refractivity contribution in [1.82, 2.24) is 0 Å². The first-order chi connectivity index (χ1) is 9.86. The molecule has 0 radical (unpaired) electrons. The van der Waals surface area contributed by atoms with Crippen molar-refractivity contribution in [1.29, 1.82) is 0 Å². The molecule has 0 bridgehead atoms. The summed E-state index contributed by atoms with van der Waals surface area (Å²) in [6.07, 6.45) is 12.1. The number of aliphatic hydroxyl groups is 1. The van der Waals surface area contributed by atoms with E-state index < -0.39 is 0 Å². The highest BCUT2D eigenvalue weighted by Crippen LogP contribution is 2.46. The van der Waals surface area contributed by atoms with Gasteiger partial charge in [0.15, 0.2) is 0 Å². The molecule has 1 aliphatic rings. The van der Waals surface area contributed by atoms with E-state index in [1.165, 1.54) is 51.4 Å². The fourth-order valence-electron chi connectivity index (χ4n) is 4.50. The van der Waals surface area contributed by atoms with E-state index in [9.17, 15) is 0 Å². The van der Waals surface area contributed by atoms with Crippen LogP contribution in [0.3, 0.4) is 0 Å². The largest absolute Gasteiger partial charge is 0.396 e. The van der Waals surface area contributed by atoms with Crippen LogP contribution in [0.2, 0.25) is 0 Å². The van der Waals surface area contributed by atoms with E-state index in [2.05, 4.69) is 34.6 Å². The van der Waals surface area contributed by atoms with Gasteiger partial charge in [0.25, 0.3) is 0 Å². The Kier molecular flexibility index (Phi) is 8.31. The second kappa shape index (κ2) is 9.18. The van der Waals surface area contributed by atoms with Gasteiger partial charge in [-0.3, -0.25) is 0 Å². The molecule has 0 aliphatic heterocycles. The summed E-state index contributed by atoms with van der Waals surface area (Å²) in [5.74, 6) is 3.42. The first-order valence-corrected chi connectivity index (χ1v) is 9.47. The minimum atomic E-state index is 0.353. The van der Waals surface area contributed by atoms with Crippen molar-refractivity contribution in [2.24, 2.45) is 29.1 Å². The molecule has 0 aromatic carbocycles. The lowest BCUT2D eigenvalue weighted by Crippen LogP contribution is -2.33. The van der Waals surface area contributed by atoms with Gasteiger partial charge in [-0.25, -0.2) is 0 Å². The predicted molar refractivity (Wildman–Crippen MR) is 93.4 cm³/mol.